The lowest BCUT2D eigenvalue weighted by Gasteiger charge is -2.19. The number of urea groups is 1. The van der Waals surface area contributed by atoms with Gasteiger partial charge in [0.05, 0.1) is 19.0 Å². The minimum atomic E-state index is -1.10. The number of carbonyl (C=O) groups excluding carboxylic acids is 1. The van der Waals surface area contributed by atoms with Crippen molar-refractivity contribution in [3.8, 4) is 5.75 Å². The first kappa shape index (κ1) is 22.9. The summed E-state index contributed by atoms with van der Waals surface area (Å²) in [4.78, 5) is 36.7. The summed E-state index contributed by atoms with van der Waals surface area (Å²) >= 11 is 6.16. The van der Waals surface area contributed by atoms with Crippen LogP contribution in [0.4, 0.5) is 10.5 Å². The van der Waals surface area contributed by atoms with Crippen molar-refractivity contribution in [1.82, 2.24) is 9.88 Å². The Hall–Kier alpha value is -3.78. The molecule has 1 atom stereocenters. The standard InChI is InChI=1S/C23H22ClN3O5/c1-14-5-4-7-15(11-14)18(12-20(29)30)25-23(32)26-21-19(28)9-10-27(22(21)31)13-16-6-2-3-8-17(16)24/h2-11,18,28H,12-13H2,1H3,(H,29,30)(H2,25,26,32)/t18-/m0/s1. The Morgan fingerprint density at radius 1 is 1.12 bits per heavy atom. The van der Waals surface area contributed by atoms with Gasteiger partial charge >= 0.3 is 12.0 Å². The van der Waals surface area contributed by atoms with Crippen molar-refractivity contribution in [2.24, 2.45) is 0 Å². The third-order valence-corrected chi connectivity index (χ3v) is 5.18. The van der Waals surface area contributed by atoms with Crippen LogP contribution in [-0.4, -0.2) is 26.8 Å². The number of halogens is 1. The molecule has 3 rings (SSSR count). The molecule has 2 aromatic carbocycles. The highest BCUT2D eigenvalue weighted by Gasteiger charge is 2.20. The van der Waals surface area contributed by atoms with Crippen molar-refractivity contribution in [3.05, 3.63) is 92.9 Å². The van der Waals surface area contributed by atoms with Gasteiger partial charge in [0.25, 0.3) is 5.56 Å². The second-order valence-electron chi connectivity index (χ2n) is 7.26. The maximum atomic E-state index is 12.8. The van der Waals surface area contributed by atoms with E-state index in [1.807, 2.05) is 13.0 Å². The van der Waals surface area contributed by atoms with Crippen molar-refractivity contribution in [2.75, 3.05) is 5.32 Å². The highest BCUT2D eigenvalue weighted by Crippen LogP contribution is 2.21. The van der Waals surface area contributed by atoms with Crippen LogP contribution in [0.25, 0.3) is 0 Å². The summed E-state index contributed by atoms with van der Waals surface area (Å²) in [5.74, 6) is -1.51. The largest absolute Gasteiger partial charge is 0.505 e. The number of carboxylic acids is 1. The van der Waals surface area contributed by atoms with E-state index in [-0.39, 0.29) is 18.7 Å². The number of aromatic nitrogens is 1. The monoisotopic (exact) mass is 455 g/mol. The van der Waals surface area contributed by atoms with Crippen LogP contribution in [-0.2, 0) is 11.3 Å². The van der Waals surface area contributed by atoms with Gasteiger partial charge in [0.1, 0.15) is 5.75 Å². The zero-order valence-electron chi connectivity index (χ0n) is 17.2. The molecule has 1 aromatic heterocycles. The quantitative estimate of drug-likeness (QED) is 0.430. The van der Waals surface area contributed by atoms with E-state index in [9.17, 15) is 24.6 Å². The lowest BCUT2D eigenvalue weighted by atomic mass is 10.0. The predicted molar refractivity (Wildman–Crippen MR) is 121 cm³/mol. The molecule has 0 spiro atoms. The van der Waals surface area contributed by atoms with Crippen molar-refractivity contribution in [3.63, 3.8) is 0 Å². The predicted octanol–water partition coefficient (Wildman–Crippen LogP) is 3.90. The molecule has 166 valence electrons. The highest BCUT2D eigenvalue weighted by atomic mass is 35.5. The molecule has 4 N–H and O–H groups in total. The number of aryl methyl sites for hydroxylation is 1. The molecule has 0 saturated heterocycles. The van der Waals surface area contributed by atoms with Gasteiger partial charge in [0.15, 0.2) is 5.69 Å². The van der Waals surface area contributed by atoms with Gasteiger partial charge < -0.3 is 25.4 Å². The normalized spacial score (nSPS) is 11.6. The van der Waals surface area contributed by atoms with Gasteiger partial charge in [-0.25, -0.2) is 4.79 Å². The Balaban J connectivity index is 1.82. The summed E-state index contributed by atoms with van der Waals surface area (Å²) in [6, 6.07) is 13.7. The van der Waals surface area contributed by atoms with E-state index >= 15 is 0 Å². The average Bonchev–Trinajstić information content (AvgIpc) is 2.74. The van der Waals surface area contributed by atoms with Gasteiger partial charge in [0.2, 0.25) is 0 Å². The lowest BCUT2D eigenvalue weighted by molar-refractivity contribution is -0.137. The molecular formula is C23H22ClN3O5. The highest BCUT2D eigenvalue weighted by molar-refractivity contribution is 6.31. The number of carbonyl (C=O) groups is 2. The molecule has 2 amide bonds. The number of nitrogens with zero attached hydrogens (tertiary/aromatic N) is 1. The number of aromatic hydroxyl groups is 1. The number of pyridine rings is 1. The SMILES string of the molecule is Cc1cccc([C@H](CC(=O)O)NC(=O)Nc2c(O)ccn(Cc3ccccc3Cl)c2=O)c1. The number of hydrogen-bond acceptors (Lipinski definition) is 4. The van der Waals surface area contributed by atoms with Gasteiger partial charge in [-0.2, -0.15) is 0 Å². The van der Waals surface area contributed by atoms with Gasteiger partial charge in [-0.15, -0.1) is 0 Å². The van der Waals surface area contributed by atoms with Crippen LogP contribution >= 0.6 is 11.6 Å². The first-order valence-corrected chi connectivity index (χ1v) is 10.1. The first-order chi connectivity index (χ1) is 15.2. The second kappa shape index (κ2) is 10.0. The molecule has 3 aromatic rings. The third-order valence-electron chi connectivity index (χ3n) is 4.81. The number of amides is 2. The number of benzene rings is 2. The lowest BCUT2D eigenvalue weighted by Crippen LogP contribution is -2.36. The van der Waals surface area contributed by atoms with E-state index in [4.69, 9.17) is 11.6 Å². The molecule has 0 unspecified atom stereocenters. The van der Waals surface area contributed by atoms with Crippen LogP contribution in [0.15, 0.2) is 65.6 Å². The molecule has 0 aliphatic heterocycles. The summed E-state index contributed by atoms with van der Waals surface area (Å²) < 4.78 is 1.30. The van der Waals surface area contributed by atoms with Crippen molar-refractivity contribution >= 4 is 29.3 Å². The maximum Gasteiger partial charge on any atom is 0.319 e. The van der Waals surface area contributed by atoms with Gasteiger partial charge in [0, 0.05) is 11.2 Å². The molecule has 0 aliphatic rings. The number of rotatable bonds is 7. The Labute approximate surface area is 189 Å². The van der Waals surface area contributed by atoms with Crippen LogP contribution in [0.5, 0.6) is 5.75 Å². The molecule has 32 heavy (non-hydrogen) atoms. The van der Waals surface area contributed by atoms with Crippen LogP contribution in [0, 0.1) is 6.92 Å². The summed E-state index contributed by atoms with van der Waals surface area (Å²) in [5.41, 5.74) is 1.25. The molecule has 0 fully saturated rings. The summed E-state index contributed by atoms with van der Waals surface area (Å²) in [6.45, 7) is 1.99. The molecular weight excluding hydrogens is 434 g/mol. The summed E-state index contributed by atoms with van der Waals surface area (Å²) in [6.07, 6.45) is 1.04. The van der Waals surface area contributed by atoms with Crippen LogP contribution in [0.1, 0.15) is 29.2 Å². The number of anilines is 1. The fraction of sp³-hybridized carbons (Fsp3) is 0.174. The van der Waals surface area contributed by atoms with Crippen LogP contribution in [0.3, 0.4) is 0 Å². The molecule has 9 heteroatoms. The number of aliphatic carboxylic acids is 1. The molecule has 0 bridgehead atoms. The fourth-order valence-electron chi connectivity index (χ4n) is 3.24. The fourth-order valence-corrected chi connectivity index (χ4v) is 3.43. The van der Waals surface area contributed by atoms with E-state index in [1.54, 1.807) is 42.5 Å². The molecule has 0 saturated carbocycles. The Kier molecular flexibility index (Phi) is 7.17. The Bertz CT molecular complexity index is 1210. The van der Waals surface area contributed by atoms with Gasteiger partial charge in [-0.3, -0.25) is 9.59 Å². The number of nitrogens with one attached hydrogen (secondary N) is 2. The summed E-state index contributed by atoms with van der Waals surface area (Å²) in [7, 11) is 0. The second-order valence-corrected chi connectivity index (χ2v) is 7.67. The third kappa shape index (κ3) is 5.67. The van der Waals surface area contributed by atoms with E-state index in [0.29, 0.717) is 16.1 Å². The molecule has 0 radical (unpaired) electrons. The molecule has 8 nitrogen and oxygen atoms in total. The van der Waals surface area contributed by atoms with Crippen LogP contribution < -0.4 is 16.2 Å². The topological polar surface area (TPSA) is 121 Å². The van der Waals surface area contributed by atoms with Crippen molar-refractivity contribution < 1.29 is 19.8 Å². The van der Waals surface area contributed by atoms with Gasteiger partial charge in [-0.05, 0) is 30.2 Å². The van der Waals surface area contributed by atoms with E-state index in [2.05, 4.69) is 10.6 Å². The van der Waals surface area contributed by atoms with Crippen LogP contribution in [0.2, 0.25) is 5.02 Å². The van der Waals surface area contributed by atoms with E-state index < -0.39 is 29.4 Å². The number of hydrogen-bond donors (Lipinski definition) is 4. The minimum Gasteiger partial charge on any atom is -0.505 e. The van der Waals surface area contributed by atoms with Gasteiger partial charge in [-0.1, -0.05) is 59.6 Å². The number of carboxylic acid groups (broad SMARTS) is 1. The maximum absolute atomic E-state index is 12.8. The Morgan fingerprint density at radius 3 is 2.56 bits per heavy atom. The smallest absolute Gasteiger partial charge is 0.319 e. The molecule has 0 aliphatic carbocycles. The summed E-state index contributed by atoms with van der Waals surface area (Å²) in [5, 5.41) is 24.8. The van der Waals surface area contributed by atoms with E-state index in [0.717, 1.165) is 5.56 Å². The zero-order chi connectivity index (χ0) is 23.3. The first-order valence-electron chi connectivity index (χ1n) is 9.76. The minimum absolute atomic E-state index is 0.139. The van der Waals surface area contributed by atoms with Crippen molar-refractivity contribution in [2.45, 2.75) is 25.9 Å². The van der Waals surface area contributed by atoms with Crippen molar-refractivity contribution in [1.29, 1.82) is 0 Å². The molecule has 1 heterocycles. The average molecular weight is 456 g/mol. The zero-order valence-corrected chi connectivity index (χ0v) is 18.0. The van der Waals surface area contributed by atoms with E-state index in [1.165, 1.54) is 16.8 Å². The Morgan fingerprint density at radius 2 is 1.88 bits per heavy atom.